The first-order valence-electron chi connectivity index (χ1n) is 11.7. The van der Waals surface area contributed by atoms with Gasteiger partial charge in [0, 0.05) is 43.3 Å². The van der Waals surface area contributed by atoms with Gasteiger partial charge in [-0.2, -0.15) is 0 Å². The molecule has 0 aromatic heterocycles. The lowest BCUT2D eigenvalue weighted by Gasteiger charge is -2.31. The molecule has 1 aliphatic rings. The number of carbonyl (C=O) groups excluding carboxylic acids is 1. The Kier molecular flexibility index (Phi) is 10.2. The van der Waals surface area contributed by atoms with Gasteiger partial charge in [0.05, 0.1) is 0 Å². The molecule has 1 amide bonds. The minimum Gasteiger partial charge on any atom is -0.383 e. The summed E-state index contributed by atoms with van der Waals surface area (Å²) in [6.45, 7) is 9.41. The number of carbonyl (C=O) groups is 1. The zero-order valence-corrected chi connectivity index (χ0v) is 20.0. The summed E-state index contributed by atoms with van der Waals surface area (Å²) >= 11 is 0. The molecule has 2 atom stereocenters. The summed E-state index contributed by atoms with van der Waals surface area (Å²) in [6.07, 6.45) is 1.79. The van der Waals surface area contributed by atoms with Gasteiger partial charge in [-0.05, 0) is 48.4 Å². The van der Waals surface area contributed by atoms with Crippen molar-refractivity contribution in [3.8, 4) is 0 Å². The van der Waals surface area contributed by atoms with E-state index >= 15 is 0 Å². The molecular formula is C26H36F3N3O. The molecule has 4 nitrogen and oxygen atoms in total. The highest BCUT2D eigenvalue weighted by atomic mass is 19.2. The van der Waals surface area contributed by atoms with E-state index in [1.807, 2.05) is 43.0 Å². The van der Waals surface area contributed by atoms with Crippen LogP contribution in [0, 0.1) is 23.4 Å². The summed E-state index contributed by atoms with van der Waals surface area (Å²) in [5, 5.41) is 3.44. The minimum atomic E-state index is -1.24. The highest BCUT2D eigenvalue weighted by molar-refractivity contribution is 5.78. The van der Waals surface area contributed by atoms with E-state index in [1.165, 1.54) is 0 Å². The smallest absolute Gasteiger partial charge is 0.224 e. The standard InChI is InChI=1S/C24H30F3N3O.C2H6/c1-15(2)7-8-19-13-29-23-6-4-3-5-16(23)14-30(19)24(31)11-18(28)9-17-10-21(26)22(27)12-20(17)25;1-2/h3-6,10,12,15,18-19,29H,7-9,11,13-14,28H2,1-2H3;1-2H3. The highest BCUT2D eigenvalue weighted by Crippen LogP contribution is 2.26. The van der Waals surface area contributed by atoms with Gasteiger partial charge in [-0.1, -0.05) is 45.9 Å². The van der Waals surface area contributed by atoms with Crippen molar-refractivity contribution in [3.63, 3.8) is 0 Å². The summed E-state index contributed by atoms with van der Waals surface area (Å²) in [5.74, 6) is -2.83. The van der Waals surface area contributed by atoms with E-state index in [1.54, 1.807) is 0 Å². The maximum Gasteiger partial charge on any atom is 0.224 e. The van der Waals surface area contributed by atoms with Gasteiger partial charge in [-0.25, -0.2) is 13.2 Å². The number of nitrogens with two attached hydrogens (primary N) is 1. The number of nitrogens with one attached hydrogen (secondary N) is 1. The predicted molar refractivity (Wildman–Crippen MR) is 127 cm³/mol. The van der Waals surface area contributed by atoms with Crippen LogP contribution in [0.5, 0.6) is 0 Å². The van der Waals surface area contributed by atoms with Gasteiger partial charge < -0.3 is 16.0 Å². The fraction of sp³-hybridized carbons (Fsp3) is 0.500. The van der Waals surface area contributed by atoms with Crippen LogP contribution >= 0.6 is 0 Å². The fourth-order valence-electron chi connectivity index (χ4n) is 3.97. The summed E-state index contributed by atoms with van der Waals surface area (Å²) in [4.78, 5) is 15.1. The third-order valence-electron chi connectivity index (χ3n) is 5.73. The van der Waals surface area contributed by atoms with Crippen LogP contribution in [0.1, 0.15) is 58.1 Å². The van der Waals surface area contributed by atoms with Crippen LogP contribution in [0.4, 0.5) is 18.9 Å². The van der Waals surface area contributed by atoms with Crippen LogP contribution in [-0.4, -0.2) is 29.4 Å². The van der Waals surface area contributed by atoms with Gasteiger partial charge in [0.15, 0.2) is 11.6 Å². The normalized spacial score (nSPS) is 16.3. The van der Waals surface area contributed by atoms with Crippen molar-refractivity contribution in [1.82, 2.24) is 4.90 Å². The van der Waals surface area contributed by atoms with Crippen LogP contribution in [0.2, 0.25) is 0 Å². The van der Waals surface area contributed by atoms with Crippen LogP contribution in [0.15, 0.2) is 36.4 Å². The first-order valence-corrected chi connectivity index (χ1v) is 11.7. The minimum absolute atomic E-state index is 0.00121. The molecule has 3 N–H and O–H groups in total. The Morgan fingerprint density at radius 2 is 1.79 bits per heavy atom. The van der Waals surface area contributed by atoms with Crippen molar-refractivity contribution in [2.75, 3.05) is 11.9 Å². The largest absolute Gasteiger partial charge is 0.383 e. The van der Waals surface area contributed by atoms with Gasteiger partial charge in [-0.15, -0.1) is 0 Å². The zero-order valence-electron chi connectivity index (χ0n) is 20.0. The molecule has 2 aromatic rings. The number of fused-ring (bicyclic) bond motifs is 1. The maximum atomic E-state index is 14.0. The Balaban J connectivity index is 0.00000187. The third kappa shape index (κ3) is 7.49. The lowest BCUT2D eigenvalue weighted by Crippen LogP contribution is -2.44. The molecule has 0 spiro atoms. The van der Waals surface area contributed by atoms with Gasteiger partial charge in [0.25, 0.3) is 0 Å². The number of nitrogens with zero attached hydrogens (tertiary/aromatic N) is 1. The molecule has 0 radical (unpaired) electrons. The molecule has 3 rings (SSSR count). The van der Waals surface area contributed by atoms with Crippen molar-refractivity contribution < 1.29 is 18.0 Å². The van der Waals surface area contributed by atoms with E-state index < -0.39 is 23.5 Å². The van der Waals surface area contributed by atoms with Crippen molar-refractivity contribution in [1.29, 1.82) is 0 Å². The Hall–Kier alpha value is -2.54. The number of halogens is 3. The highest BCUT2D eigenvalue weighted by Gasteiger charge is 2.28. The second-order valence-corrected chi connectivity index (χ2v) is 8.71. The Morgan fingerprint density at radius 3 is 2.48 bits per heavy atom. The maximum absolute atomic E-state index is 14.0. The lowest BCUT2D eigenvalue weighted by atomic mass is 9.99. The van der Waals surface area contributed by atoms with Crippen LogP contribution in [-0.2, 0) is 17.8 Å². The van der Waals surface area contributed by atoms with Crippen molar-refractivity contribution in [3.05, 3.63) is 65.0 Å². The van der Waals surface area contributed by atoms with E-state index in [4.69, 9.17) is 5.73 Å². The van der Waals surface area contributed by atoms with E-state index in [-0.39, 0.29) is 30.4 Å². The number of hydrogen-bond acceptors (Lipinski definition) is 3. The van der Waals surface area contributed by atoms with Crippen LogP contribution < -0.4 is 11.1 Å². The summed E-state index contributed by atoms with van der Waals surface area (Å²) < 4.78 is 40.6. The second kappa shape index (κ2) is 12.6. The molecule has 2 aromatic carbocycles. The predicted octanol–water partition coefficient (Wildman–Crippen LogP) is 5.65. The topological polar surface area (TPSA) is 58.4 Å². The van der Waals surface area contributed by atoms with Crippen molar-refractivity contribution in [2.24, 2.45) is 11.7 Å². The molecule has 182 valence electrons. The molecule has 0 saturated heterocycles. The molecule has 7 heteroatoms. The quantitative estimate of drug-likeness (QED) is 0.522. The van der Waals surface area contributed by atoms with E-state index in [0.717, 1.165) is 30.2 Å². The average molecular weight is 464 g/mol. The summed E-state index contributed by atoms with van der Waals surface area (Å²) in [6, 6.07) is 8.52. The monoisotopic (exact) mass is 463 g/mol. The van der Waals surface area contributed by atoms with Crippen molar-refractivity contribution >= 4 is 11.6 Å². The van der Waals surface area contributed by atoms with E-state index in [0.29, 0.717) is 25.1 Å². The van der Waals surface area contributed by atoms with Gasteiger partial charge in [-0.3, -0.25) is 4.79 Å². The fourth-order valence-corrected chi connectivity index (χ4v) is 3.97. The van der Waals surface area contributed by atoms with Crippen molar-refractivity contribution in [2.45, 2.75) is 72.0 Å². The van der Waals surface area contributed by atoms with Gasteiger partial charge in [0.1, 0.15) is 5.82 Å². The molecule has 0 bridgehead atoms. The molecule has 33 heavy (non-hydrogen) atoms. The lowest BCUT2D eigenvalue weighted by molar-refractivity contribution is -0.134. The SMILES string of the molecule is CC.CC(C)CCC1CNc2ccccc2CN1C(=O)CC(N)Cc1cc(F)c(F)cc1F. The Bertz CT molecular complexity index is 920. The number of hydrogen-bond donors (Lipinski definition) is 2. The number of anilines is 1. The average Bonchev–Trinajstić information content (AvgIpc) is 2.97. The van der Waals surface area contributed by atoms with E-state index in [2.05, 4.69) is 19.2 Å². The summed E-state index contributed by atoms with van der Waals surface area (Å²) in [7, 11) is 0. The second-order valence-electron chi connectivity index (χ2n) is 8.71. The molecule has 2 unspecified atom stereocenters. The number of benzene rings is 2. The molecule has 1 aliphatic heterocycles. The Labute approximate surface area is 195 Å². The van der Waals surface area contributed by atoms with E-state index in [9.17, 15) is 18.0 Å². The number of rotatable bonds is 7. The first-order chi connectivity index (χ1) is 15.7. The summed E-state index contributed by atoms with van der Waals surface area (Å²) in [5.41, 5.74) is 8.14. The first kappa shape index (κ1) is 26.7. The zero-order chi connectivity index (χ0) is 24.5. The van der Waals surface area contributed by atoms with Crippen LogP contribution in [0.3, 0.4) is 0 Å². The van der Waals surface area contributed by atoms with Crippen LogP contribution in [0.25, 0.3) is 0 Å². The molecular weight excluding hydrogens is 427 g/mol. The van der Waals surface area contributed by atoms with Gasteiger partial charge >= 0.3 is 0 Å². The molecule has 0 saturated carbocycles. The molecule has 0 aliphatic carbocycles. The molecule has 1 heterocycles. The number of amides is 1. The van der Waals surface area contributed by atoms with Gasteiger partial charge in [0.2, 0.25) is 5.91 Å². The Morgan fingerprint density at radius 1 is 1.12 bits per heavy atom. The third-order valence-corrected chi connectivity index (χ3v) is 5.73. The molecule has 0 fully saturated rings. The number of para-hydroxylation sites is 1.